The number of nitro groups is 1. The zero-order valence-corrected chi connectivity index (χ0v) is 10.3. The Bertz CT molecular complexity index is 610. The molecule has 0 aliphatic rings. The Morgan fingerprint density at radius 3 is 1.68 bits per heavy atom. The zero-order valence-electron chi connectivity index (χ0n) is 10.3. The van der Waals surface area contributed by atoms with E-state index in [4.69, 9.17) is 0 Å². The molecule has 0 radical (unpaired) electrons. The average molecular weight is 251 g/mol. The van der Waals surface area contributed by atoms with Crippen molar-refractivity contribution in [3.63, 3.8) is 0 Å². The number of hydrogen-bond acceptors (Lipinski definition) is 2. The molecular weight excluding hydrogens is 238 g/mol. The summed E-state index contributed by atoms with van der Waals surface area (Å²) in [5.41, 5.74) is 3.18. The van der Waals surface area contributed by atoms with Gasteiger partial charge in [-0.05, 0) is 28.8 Å². The Morgan fingerprint density at radius 1 is 0.842 bits per heavy atom. The van der Waals surface area contributed by atoms with Crippen LogP contribution in [0.5, 0.6) is 0 Å². The second-order valence-corrected chi connectivity index (χ2v) is 4.05. The first-order chi connectivity index (χ1) is 9.19. The molecule has 19 heavy (non-hydrogen) atoms. The van der Waals surface area contributed by atoms with E-state index in [9.17, 15) is 10.1 Å². The number of nitro benzene ring substituents is 1. The van der Waals surface area contributed by atoms with Crippen molar-refractivity contribution < 1.29 is 4.92 Å². The van der Waals surface area contributed by atoms with Gasteiger partial charge in [0.05, 0.1) is 4.92 Å². The normalized spacial score (nSPS) is 10.5. The molecule has 2 rings (SSSR count). The summed E-state index contributed by atoms with van der Waals surface area (Å²) in [7, 11) is 0. The van der Waals surface area contributed by atoms with Crippen molar-refractivity contribution in [1.82, 2.24) is 0 Å². The first-order valence-corrected chi connectivity index (χ1v) is 5.84. The summed E-state index contributed by atoms with van der Waals surface area (Å²) >= 11 is 0. The number of non-ortho nitro benzene ring substituents is 1. The molecule has 0 fully saturated rings. The van der Waals surface area contributed by atoms with Gasteiger partial charge in [0, 0.05) is 12.1 Å². The molecule has 94 valence electrons. The SMILES string of the molecule is C=Cc1ccc(/C=C/c2ccc([N+](=O)[O-])cc2)cc1. The lowest BCUT2D eigenvalue weighted by molar-refractivity contribution is -0.384. The van der Waals surface area contributed by atoms with Crippen molar-refractivity contribution in [3.05, 3.63) is 81.9 Å². The van der Waals surface area contributed by atoms with Crippen LogP contribution in [-0.4, -0.2) is 4.92 Å². The molecule has 2 aromatic rings. The van der Waals surface area contributed by atoms with Crippen molar-refractivity contribution in [2.45, 2.75) is 0 Å². The maximum absolute atomic E-state index is 10.5. The molecule has 0 N–H and O–H groups in total. The van der Waals surface area contributed by atoms with Crippen molar-refractivity contribution in [3.8, 4) is 0 Å². The summed E-state index contributed by atoms with van der Waals surface area (Å²) in [4.78, 5) is 10.1. The zero-order chi connectivity index (χ0) is 13.7. The van der Waals surface area contributed by atoms with E-state index >= 15 is 0 Å². The summed E-state index contributed by atoms with van der Waals surface area (Å²) in [6.45, 7) is 3.70. The van der Waals surface area contributed by atoms with E-state index in [2.05, 4.69) is 6.58 Å². The van der Waals surface area contributed by atoms with Gasteiger partial charge in [0.1, 0.15) is 0 Å². The third-order valence-electron chi connectivity index (χ3n) is 2.74. The van der Waals surface area contributed by atoms with Gasteiger partial charge in [-0.2, -0.15) is 0 Å². The van der Waals surface area contributed by atoms with Gasteiger partial charge in [-0.3, -0.25) is 10.1 Å². The third-order valence-corrected chi connectivity index (χ3v) is 2.74. The van der Waals surface area contributed by atoms with Crippen LogP contribution in [0.4, 0.5) is 5.69 Å². The molecule has 0 saturated carbocycles. The Balaban J connectivity index is 2.12. The van der Waals surface area contributed by atoms with E-state index in [1.165, 1.54) is 12.1 Å². The molecule has 0 amide bonds. The molecule has 0 atom stereocenters. The molecule has 3 heteroatoms. The fourth-order valence-corrected chi connectivity index (χ4v) is 1.64. The lowest BCUT2D eigenvalue weighted by Crippen LogP contribution is -1.86. The van der Waals surface area contributed by atoms with Crippen LogP contribution in [0.1, 0.15) is 16.7 Å². The molecule has 0 heterocycles. The minimum atomic E-state index is -0.401. The van der Waals surface area contributed by atoms with Crippen molar-refractivity contribution in [2.24, 2.45) is 0 Å². The predicted molar refractivity (Wildman–Crippen MR) is 78.6 cm³/mol. The molecule has 0 saturated heterocycles. The maximum Gasteiger partial charge on any atom is 0.269 e. The van der Waals surface area contributed by atoms with Gasteiger partial charge in [0.15, 0.2) is 0 Å². The first-order valence-electron chi connectivity index (χ1n) is 5.84. The summed E-state index contributed by atoms with van der Waals surface area (Å²) in [6, 6.07) is 14.4. The second kappa shape index (κ2) is 5.78. The predicted octanol–water partition coefficient (Wildman–Crippen LogP) is 4.41. The van der Waals surface area contributed by atoms with Crippen LogP contribution in [0.2, 0.25) is 0 Å². The highest BCUT2D eigenvalue weighted by Gasteiger charge is 2.01. The summed E-state index contributed by atoms with van der Waals surface area (Å²) in [6.07, 6.45) is 5.69. The van der Waals surface area contributed by atoms with Crippen molar-refractivity contribution in [1.29, 1.82) is 0 Å². The third kappa shape index (κ3) is 3.39. The maximum atomic E-state index is 10.5. The number of nitrogens with zero attached hydrogens (tertiary/aromatic N) is 1. The molecule has 0 spiro atoms. The Hall–Kier alpha value is -2.68. The Labute approximate surface area is 111 Å². The topological polar surface area (TPSA) is 43.1 Å². The fraction of sp³-hybridized carbons (Fsp3) is 0. The smallest absolute Gasteiger partial charge is 0.258 e. The van der Waals surface area contributed by atoms with E-state index in [0.29, 0.717) is 0 Å². The minimum Gasteiger partial charge on any atom is -0.258 e. The van der Waals surface area contributed by atoms with E-state index in [-0.39, 0.29) is 5.69 Å². The monoisotopic (exact) mass is 251 g/mol. The summed E-state index contributed by atoms with van der Waals surface area (Å²) in [5, 5.41) is 10.5. The molecule has 2 aromatic carbocycles. The van der Waals surface area contributed by atoms with Crippen LogP contribution in [0.15, 0.2) is 55.1 Å². The number of benzene rings is 2. The van der Waals surface area contributed by atoms with Crippen LogP contribution in [0, 0.1) is 10.1 Å². The van der Waals surface area contributed by atoms with Gasteiger partial charge in [0.2, 0.25) is 0 Å². The average Bonchev–Trinajstić information content (AvgIpc) is 2.46. The van der Waals surface area contributed by atoms with Gasteiger partial charge in [-0.15, -0.1) is 0 Å². The van der Waals surface area contributed by atoms with E-state index in [0.717, 1.165) is 16.7 Å². The van der Waals surface area contributed by atoms with Crippen LogP contribution in [0.25, 0.3) is 18.2 Å². The quantitative estimate of drug-likeness (QED) is 0.459. The van der Waals surface area contributed by atoms with Crippen molar-refractivity contribution in [2.75, 3.05) is 0 Å². The highest BCUT2D eigenvalue weighted by atomic mass is 16.6. The Kier molecular flexibility index (Phi) is 3.88. The van der Waals surface area contributed by atoms with E-state index < -0.39 is 4.92 Å². The fourth-order valence-electron chi connectivity index (χ4n) is 1.64. The summed E-state index contributed by atoms with van der Waals surface area (Å²) in [5.74, 6) is 0. The highest BCUT2D eigenvalue weighted by Crippen LogP contribution is 2.14. The lowest BCUT2D eigenvalue weighted by Gasteiger charge is -1.96. The van der Waals surface area contributed by atoms with Gasteiger partial charge in [0.25, 0.3) is 5.69 Å². The van der Waals surface area contributed by atoms with Gasteiger partial charge in [-0.1, -0.05) is 49.1 Å². The molecule has 3 nitrogen and oxygen atoms in total. The highest BCUT2D eigenvalue weighted by molar-refractivity contribution is 5.70. The molecule has 0 bridgehead atoms. The largest absolute Gasteiger partial charge is 0.269 e. The van der Waals surface area contributed by atoms with Crippen LogP contribution in [-0.2, 0) is 0 Å². The van der Waals surface area contributed by atoms with Gasteiger partial charge in [-0.25, -0.2) is 0 Å². The standard InChI is InChI=1S/C16H13NO2/c1-2-13-3-5-14(6-4-13)7-8-15-9-11-16(12-10-15)17(18)19/h2-12H,1H2/b8-7+. The van der Waals surface area contributed by atoms with Crippen LogP contribution < -0.4 is 0 Å². The molecular formula is C16H13NO2. The first kappa shape index (κ1) is 12.8. The second-order valence-electron chi connectivity index (χ2n) is 4.05. The van der Waals surface area contributed by atoms with E-state index in [1.54, 1.807) is 18.2 Å². The van der Waals surface area contributed by atoms with Crippen LogP contribution >= 0.6 is 0 Å². The minimum absolute atomic E-state index is 0.104. The van der Waals surface area contributed by atoms with E-state index in [1.807, 2.05) is 36.4 Å². The summed E-state index contributed by atoms with van der Waals surface area (Å²) < 4.78 is 0. The lowest BCUT2D eigenvalue weighted by atomic mass is 10.1. The van der Waals surface area contributed by atoms with Crippen molar-refractivity contribution >= 4 is 23.9 Å². The molecule has 0 unspecified atom stereocenters. The molecule has 0 aromatic heterocycles. The molecule has 0 aliphatic carbocycles. The molecule has 0 aliphatic heterocycles. The number of rotatable bonds is 4. The number of hydrogen-bond donors (Lipinski definition) is 0. The van der Waals surface area contributed by atoms with Gasteiger partial charge < -0.3 is 0 Å². The van der Waals surface area contributed by atoms with Gasteiger partial charge >= 0.3 is 0 Å². The Morgan fingerprint density at radius 2 is 1.26 bits per heavy atom. The van der Waals surface area contributed by atoms with Crippen LogP contribution in [0.3, 0.4) is 0 Å².